The summed E-state index contributed by atoms with van der Waals surface area (Å²) in [6.45, 7) is 7.53. The topological polar surface area (TPSA) is 76.1 Å². The maximum atomic E-state index is 12.2. The molecule has 28 heavy (non-hydrogen) atoms. The number of para-hydroxylation sites is 1. The van der Waals surface area contributed by atoms with Crippen LogP contribution in [0.25, 0.3) is 0 Å². The molecule has 0 bridgehead atoms. The first-order valence-electron chi connectivity index (χ1n) is 10.3. The largest absolute Gasteiger partial charge is 0.480 e. The third-order valence-corrected chi connectivity index (χ3v) is 5.89. The quantitative estimate of drug-likeness (QED) is 0.663. The number of hydrogen-bond donors (Lipinski definition) is 2. The zero-order valence-electron chi connectivity index (χ0n) is 16.7. The first-order chi connectivity index (χ1) is 13.5. The zero-order valence-corrected chi connectivity index (χ0v) is 16.7. The molecule has 1 aromatic carbocycles. The molecule has 0 unspecified atom stereocenters. The predicted octanol–water partition coefficient (Wildman–Crippen LogP) is 1.25. The van der Waals surface area contributed by atoms with Gasteiger partial charge in [0.15, 0.2) is 0 Å². The summed E-state index contributed by atoms with van der Waals surface area (Å²) in [6.07, 6.45) is 2.23. The van der Waals surface area contributed by atoms with E-state index >= 15 is 0 Å². The second kappa shape index (κ2) is 9.89. The van der Waals surface area contributed by atoms with Crippen LogP contribution in [-0.2, 0) is 9.59 Å². The summed E-state index contributed by atoms with van der Waals surface area (Å²) in [7, 11) is 0. The van der Waals surface area contributed by atoms with E-state index in [2.05, 4.69) is 39.4 Å². The van der Waals surface area contributed by atoms with Crippen molar-refractivity contribution < 1.29 is 14.7 Å². The van der Waals surface area contributed by atoms with Crippen molar-refractivity contribution in [3.8, 4) is 0 Å². The fraction of sp³-hybridized carbons (Fsp3) is 0.619. The molecule has 1 heterocycles. The van der Waals surface area contributed by atoms with Gasteiger partial charge in [-0.3, -0.25) is 19.4 Å². The Morgan fingerprint density at radius 2 is 1.82 bits per heavy atom. The van der Waals surface area contributed by atoms with Crippen LogP contribution in [-0.4, -0.2) is 84.7 Å². The number of amides is 1. The van der Waals surface area contributed by atoms with E-state index in [1.807, 2.05) is 17.9 Å². The number of piperazine rings is 1. The average molecular weight is 389 g/mol. The summed E-state index contributed by atoms with van der Waals surface area (Å²) < 4.78 is 0. The van der Waals surface area contributed by atoms with E-state index in [4.69, 9.17) is 5.11 Å². The van der Waals surface area contributed by atoms with Crippen LogP contribution in [0.2, 0.25) is 0 Å². The molecule has 2 N–H and O–H groups in total. The molecule has 1 aliphatic carbocycles. The van der Waals surface area contributed by atoms with Crippen LogP contribution in [0, 0.1) is 0 Å². The summed E-state index contributed by atoms with van der Waals surface area (Å²) in [5.41, 5.74) is 1.27. The minimum atomic E-state index is -0.790. The Hall–Kier alpha value is -2.12. The molecule has 7 nitrogen and oxygen atoms in total. The number of carbonyl (C=O) groups is 2. The second-order valence-electron chi connectivity index (χ2n) is 7.76. The summed E-state index contributed by atoms with van der Waals surface area (Å²) >= 11 is 0. The van der Waals surface area contributed by atoms with E-state index in [9.17, 15) is 9.59 Å². The number of carbonyl (C=O) groups excluding carboxylic acids is 1. The zero-order chi connectivity index (χ0) is 19.9. The standard InChI is InChI=1S/C21H32N4O3/c1-2-24(16-21(27)28)19-14-17(15-19)22-20(26)8-9-23-10-12-25(13-11-23)18-6-4-3-5-7-18/h3-7,17,19H,2,8-16H2,1H3,(H,22,26)(H,27,28). The Morgan fingerprint density at radius 1 is 1.14 bits per heavy atom. The minimum Gasteiger partial charge on any atom is -0.480 e. The van der Waals surface area contributed by atoms with Gasteiger partial charge in [-0.15, -0.1) is 0 Å². The normalized spacial score (nSPS) is 22.7. The Bertz CT molecular complexity index is 640. The molecule has 0 radical (unpaired) electrons. The van der Waals surface area contributed by atoms with Crippen molar-refractivity contribution in [1.29, 1.82) is 0 Å². The summed E-state index contributed by atoms with van der Waals surface area (Å²) in [5, 5.41) is 12.1. The predicted molar refractivity (Wildman–Crippen MR) is 110 cm³/mol. The second-order valence-corrected chi connectivity index (χ2v) is 7.76. The number of carboxylic acid groups (broad SMARTS) is 1. The van der Waals surface area contributed by atoms with Crippen molar-refractivity contribution in [1.82, 2.24) is 15.1 Å². The van der Waals surface area contributed by atoms with Crippen LogP contribution in [0.1, 0.15) is 26.2 Å². The van der Waals surface area contributed by atoms with Crippen LogP contribution < -0.4 is 10.2 Å². The fourth-order valence-electron chi connectivity index (χ4n) is 4.10. The molecular weight excluding hydrogens is 356 g/mol. The minimum absolute atomic E-state index is 0.0802. The van der Waals surface area contributed by atoms with Crippen LogP contribution >= 0.6 is 0 Å². The highest BCUT2D eigenvalue weighted by molar-refractivity contribution is 5.76. The monoisotopic (exact) mass is 388 g/mol. The summed E-state index contributed by atoms with van der Waals surface area (Å²) in [6, 6.07) is 10.9. The number of likely N-dealkylation sites (N-methyl/N-ethyl adjacent to an activating group) is 1. The SMILES string of the molecule is CCN(CC(=O)O)C1CC(NC(=O)CCN2CCN(c3ccccc3)CC2)C1. The van der Waals surface area contributed by atoms with Crippen LogP contribution in [0.15, 0.2) is 30.3 Å². The van der Waals surface area contributed by atoms with Gasteiger partial charge >= 0.3 is 5.97 Å². The number of aliphatic carboxylic acids is 1. The lowest BCUT2D eigenvalue weighted by atomic mass is 9.85. The van der Waals surface area contributed by atoms with Crippen molar-refractivity contribution >= 4 is 17.6 Å². The van der Waals surface area contributed by atoms with Gasteiger partial charge in [0.05, 0.1) is 6.54 Å². The summed E-state index contributed by atoms with van der Waals surface area (Å²) in [4.78, 5) is 29.8. The molecule has 1 saturated carbocycles. The highest BCUT2D eigenvalue weighted by Gasteiger charge is 2.34. The van der Waals surface area contributed by atoms with Crippen LogP contribution in [0.4, 0.5) is 5.69 Å². The number of hydrogen-bond acceptors (Lipinski definition) is 5. The lowest BCUT2D eigenvalue weighted by Gasteiger charge is -2.42. The van der Waals surface area contributed by atoms with Gasteiger partial charge in [0.25, 0.3) is 0 Å². The number of benzene rings is 1. The van der Waals surface area contributed by atoms with Gasteiger partial charge in [0.1, 0.15) is 0 Å². The molecule has 1 aliphatic heterocycles. The van der Waals surface area contributed by atoms with Gasteiger partial charge in [-0.2, -0.15) is 0 Å². The van der Waals surface area contributed by atoms with Gasteiger partial charge < -0.3 is 15.3 Å². The van der Waals surface area contributed by atoms with Crippen LogP contribution in [0.3, 0.4) is 0 Å². The number of rotatable bonds is 9. The van der Waals surface area contributed by atoms with Crippen LogP contribution in [0.5, 0.6) is 0 Å². The molecule has 2 fully saturated rings. The molecule has 7 heteroatoms. The molecular formula is C21H32N4O3. The molecule has 2 aliphatic rings. The Balaban J connectivity index is 1.30. The third-order valence-electron chi connectivity index (χ3n) is 5.89. The number of nitrogens with zero attached hydrogens (tertiary/aromatic N) is 3. The highest BCUT2D eigenvalue weighted by atomic mass is 16.4. The number of carboxylic acids is 1. The Labute approximate surface area is 167 Å². The third kappa shape index (κ3) is 5.69. The van der Waals surface area contributed by atoms with Gasteiger partial charge in [0.2, 0.25) is 5.91 Å². The fourth-order valence-corrected chi connectivity index (χ4v) is 4.10. The smallest absolute Gasteiger partial charge is 0.317 e. The van der Waals surface area contributed by atoms with E-state index in [1.54, 1.807) is 0 Å². The lowest BCUT2D eigenvalue weighted by Crippen LogP contribution is -2.55. The Morgan fingerprint density at radius 3 is 2.43 bits per heavy atom. The molecule has 0 aromatic heterocycles. The maximum Gasteiger partial charge on any atom is 0.317 e. The number of nitrogens with one attached hydrogen (secondary N) is 1. The first-order valence-corrected chi connectivity index (χ1v) is 10.3. The van der Waals surface area contributed by atoms with Crippen molar-refractivity contribution in [3.63, 3.8) is 0 Å². The van der Waals surface area contributed by atoms with E-state index in [0.717, 1.165) is 52.1 Å². The summed E-state index contributed by atoms with van der Waals surface area (Å²) in [5.74, 6) is -0.683. The van der Waals surface area contributed by atoms with Gasteiger partial charge in [-0.25, -0.2) is 0 Å². The lowest BCUT2D eigenvalue weighted by molar-refractivity contribution is -0.139. The molecule has 154 valence electrons. The van der Waals surface area contributed by atoms with Crippen molar-refractivity contribution in [2.45, 2.75) is 38.3 Å². The van der Waals surface area contributed by atoms with Gasteiger partial charge in [-0.05, 0) is 31.5 Å². The molecule has 3 rings (SSSR count). The molecule has 1 amide bonds. The van der Waals surface area contributed by atoms with E-state index < -0.39 is 5.97 Å². The number of anilines is 1. The highest BCUT2D eigenvalue weighted by Crippen LogP contribution is 2.25. The molecule has 0 atom stereocenters. The first kappa shape index (κ1) is 20.6. The van der Waals surface area contributed by atoms with E-state index in [-0.39, 0.29) is 24.5 Å². The van der Waals surface area contributed by atoms with Gasteiger partial charge in [0, 0.05) is 56.9 Å². The van der Waals surface area contributed by atoms with E-state index in [0.29, 0.717) is 6.42 Å². The molecule has 1 saturated heterocycles. The van der Waals surface area contributed by atoms with Crippen molar-refractivity contribution in [3.05, 3.63) is 30.3 Å². The molecule has 1 aromatic rings. The maximum absolute atomic E-state index is 12.2. The Kier molecular flexibility index (Phi) is 7.28. The van der Waals surface area contributed by atoms with Crippen molar-refractivity contribution in [2.24, 2.45) is 0 Å². The van der Waals surface area contributed by atoms with E-state index in [1.165, 1.54) is 5.69 Å². The van der Waals surface area contributed by atoms with Gasteiger partial charge in [-0.1, -0.05) is 25.1 Å². The van der Waals surface area contributed by atoms with Crippen molar-refractivity contribution in [2.75, 3.05) is 50.7 Å². The molecule has 0 spiro atoms. The average Bonchev–Trinajstić information content (AvgIpc) is 2.68.